The number of aliphatic hydroxyl groups is 2. The summed E-state index contributed by atoms with van der Waals surface area (Å²) in [6.07, 6.45) is 55.3. The molecule has 0 aliphatic rings. The molecule has 0 aliphatic heterocycles. The average molecular weight is 796 g/mol. The molecule has 57 heavy (non-hydrogen) atoms. The second-order valence-corrected chi connectivity index (χ2v) is 15.9. The van der Waals surface area contributed by atoms with Crippen LogP contribution in [0.5, 0.6) is 0 Å². The van der Waals surface area contributed by atoms with Crippen molar-refractivity contribution >= 4 is 11.9 Å². The molecule has 0 rings (SSSR count). The summed E-state index contributed by atoms with van der Waals surface area (Å²) >= 11 is 0. The van der Waals surface area contributed by atoms with Gasteiger partial charge >= 0.3 is 5.97 Å². The Morgan fingerprint density at radius 2 is 0.965 bits per heavy atom. The van der Waals surface area contributed by atoms with Crippen molar-refractivity contribution in [1.82, 2.24) is 5.32 Å². The molecule has 0 saturated carbocycles. The zero-order chi connectivity index (χ0) is 41.7. The van der Waals surface area contributed by atoms with Crippen LogP contribution in [0.1, 0.15) is 213 Å². The van der Waals surface area contributed by atoms with Crippen molar-refractivity contribution in [3.63, 3.8) is 0 Å². The van der Waals surface area contributed by atoms with Crippen molar-refractivity contribution in [2.24, 2.45) is 0 Å². The second-order valence-electron chi connectivity index (χ2n) is 15.9. The molecule has 0 fully saturated rings. The summed E-state index contributed by atoms with van der Waals surface area (Å²) in [5.41, 5.74) is 0. The number of ether oxygens (including phenoxy) is 1. The predicted octanol–water partition coefficient (Wildman–Crippen LogP) is 13.8. The van der Waals surface area contributed by atoms with Crippen LogP contribution in [0.25, 0.3) is 0 Å². The lowest BCUT2D eigenvalue weighted by Crippen LogP contribution is -2.46. The van der Waals surface area contributed by atoms with Crippen LogP contribution >= 0.6 is 0 Å². The van der Waals surface area contributed by atoms with E-state index in [9.17, 15) is 19.8 Å². The van der Waals surface area contributed by atoms with Crippen molar-refractivity contribution in [1.29, 1.82) is 0 Å². The SMILES string of the molecule is CC/C=C/C=C/C=C\C=C/C=C/CCCC(=O)OC(CCCCCCC/C=C\CCCCCC)CC(=O)NC(CO)C(O)CCCCCCCCCCCCCC. The van der Waals surface area contributed by atoms with Gasteiger partial charge in [-0.1, -0.05) is 209 Å². The molecular formula is C51H89NO5. The Morgan fingerprint density at radius 1 is 0.526 bits per heavy atom. The van der Waals surface area contributed by atoms with Crippen LogP contribution in [-0.4, -0.2) is 46.9 Å². The average Bonchev–Trinajstić information content (AvgIpc) is 3.20. The van der Waals surface area contributed by atoms with Gasteiger partial charge in [-0.3, -0.25) is 9.59 Å². The van der Waals surface area contributed by atoms with Crippen LogP contribution in [0.15, 0.2) is 72.9 Å². The predicted molar refractivity (Wildman–Crippen MR) is 245 cm³/mol. The van der Waals surface area contributed by atoms with Gasteiger partial charge in [0.2, 0.25) is 5.91 Å². The van der Waals surface area contributed by atoms with E-state index < -0.39 is 18.2 Å². The fourth-order valence-corrected chi connectivity index (χ4v) is 6.81. The van der Waals surface area contributed by atoms with E-state index in [1.807, 2.05) is 54.7 Å². The highest BCUT2D eigenvalue weighted by molar-refractivity contribution is 5.77. The van der Waals surface area contributed by atoms with Gasteiger partial charge in [0.1, 0.15) is 6.10 Å². The highest BCUT2D eigenvalue weighted by Crippen LogP contribution is 2.17. The third kappa shape index (κ3) is 39.9. The number of rotatable bonds is 41. The number of aliphatic hydroxyl groups excluding tert-OH is 2. The van der Waals surface area contributed by atoms with Crippen molar-refractivity contribution in [2.45, 2.75) is 232 Å². The van der Waals surface area contributed by atoms with Crippen molar-refractivity contribution < 1.29 is 24.5 Å². The number of carbonyl (C=O) groups is 2. The van der Waals surface area contributed by atoms with Gasteiger partial charge in [0.15, 0.2) is 0 Å². The van der Waals surface area contributed by atoms with Crippen LogP contribution in [0.4, 0.5) is 0 Å². The van der Waals surface area contributed by atoms with Gasteiger partial charge in [-0.25, -0.2) is 0 Å². The van der Waals surface area contributed by atoms with Gasteiger partial charge in [-0.2, -0.15) is 0 Å². The van der Waals surface area contributed by atoms with Crippen LogP contribution in [0.2, 0.25) is 0 Å². The maximum absolute atomic E-state index is 13.1. The second kappa shape index (κ2) is 44.4. The van der Waals surface area contributed by atoms with E-state index in [2.05, 4.69) is 44.3 Å². The molecule has 0 saturated heterocycles. The summed E-state index contributed by atoms with van der Waals surface area (Å²) in [7, 11) is 0. The van der Waals surface area contributed by atoms with E-state index in [0.29, 0.717) is 25.7 Å². The minimum Gasteiger partial charge on any atom is -0.462 e. The van der Waals surface area contributed by atoms with Crippen LogP contribution < -0.4 is 5.32 Å². The molecule has 1 amide bonds. The summed E-state index contributed by atoms with van der Waals surface area (Å²) in [4.78, 5) is 26.0. The number of amides is 1. The zero-order valence-electron chi connectivity index (χ0n) is 37.2. The monoisotopic (exact) mass is 796 g/mol. The van der Waals surface area contributed by atoms with E-state index >= 15 is 0 Å². The van der Waals surface area contributed by atoms with Crippen LogP contribution in [-0.2, 0) is 14.3 Å². The van der Waals surface area contributed by atoms with Crippen molar-refractivity contribution in [3.05, 3.63) is 72.9 Å². The van der Waals surface area contributed by atoms with Gasteiger partial charge in [0, 0.05) is 6.42 Å². The minimum atomic E-state index is -0.803. The molecule has 3 unspecified atom stereocenters. The largest absolute Gasteiger partial charge is 0.462 e. The van der Waals surface area contributed by atoms with Gasteiger partial charge in [-0.05, 0) is 64.2 Å². The Balaban J connectivity index is 4.73. The van der Waals surface area contributed by atoms with Gasteiger partial charge < -0.3 is 20.3 Å². The quantitative estimate of drug-likeness (QED) is 0.0248. The molecule has 0 heterocycles. The number of nitrogens with one attached hydrogen (secondary N) is 1. The first-order valence-corrected chi connectivity index (χ1v) is 23.7. The number of hydrogen-bond donors (Lipinski definition) is 3. The fraction of sp³-hybridized carbons (Fsp3) is 0.725. The Morgan fingerprint density at radius 3 is 1.49 bits per heavy atom. The molecule has 3 atom stereocenters. The zero-order valence-corrected chi connectivity index (χ0v) is 37.2. The highest BCUT2D eigenvalue weighted by Gasteiger charge is 2.24. The first-order chi connectivity index (χ1) is 28.0. The number of allylic oxidation sites excluding steroid dienone is 12. The van der Waals surface area contributed by atoms with Crippen molar-refractivity contribution in [3.8, 4) is 0 Å². The van der Waals surface area contributed by atoms with Gasteiger partial charge in [-0.15, -0.1) is 0 Å². The van der Waals surface area contributed by atoms with E-state index in [1.165, 1.54) is 103 Å². The molecule has 0 aliphatic carbocycles. The number of esters is 1. The van der Waals surface area contributed by atoms with E-state index in [1.54, 1.807) is 0 Å². The molecule has 328 valence electrons. The topological polar surface area (TPSA) is 95.9 Å². The number of unbranched alkanes of at least 4 members (excludes halogenated alkanes) is 21. The summed E-state index contributed by atoms with van der Waals surface area (Å²) in [6, 6.07) is -0.720. The smallest absolute Gasteiger partial charge is 0.306 e. The first kappa shape index (κ1) is 54.3. The molecule has 0 aromatic rings. The lowest BCUT2D eigenvalue weighted by Gasteiger charge is -2.24. The molecule has 3 N–H and O–H groups in total. The third-order valence-corrected chi connectivity index (χ3v) is 10.4. The van der Waals surface area contributed by atoms with Crippen molar-refractivity contribution in [2.75, 3.05) is 6.61 Å². The van der Waals surface area contributed by atoms with Crippen LogP contribution in [0.3, 0.4) is 0 Å². The van der Waals surface area contributed by atoms with E-state index in [4.69, 9.17) is 4.74 Å². The molecule has 6 heteroatoms. The normalized spacial score (nSPS) is 14.0. The van der Waals surface area contributed by atoms with Crippen LogP contribution in [0, 0.1) is 0 Å². The molecule has 6 nitrogen and oxygen atoms in total. The van der Waals surface area contributed by atoms with E-state index in [-0.39, 0.29) is 24.9 Å². The lowest BCUT2D eigenvalue weighted by atomic mass is 10.0. The summed E-state index contributed by atoms with van der Waals surface area (Å²) in [6.45, 7) is 6.29. The minimum absolute atomic E-state index is 0.0406. The summed E-state index contributed by atoms with van der Waals surface area (Å²) in [5, 5.41) is 23.7. The Hall–Kier alpha value is -2.70. The van der Waals surface area contributed by atoms with E-state index in [0.717, 1.165) is 57.8 Å². The van der Waals surface area contributed by atoms with Gasteiger partial charge in [0.05, 0.1) is 25.2 Å². The Bertz CT molecular complexity index is 1070. The summed E-state index contributed by atoms with van der Waals surface area (Å²) in [5.74, 6) is -0.574. The molecule has 0 spiro atoms. The molecular weight excluding hydrogens is 707 g/mol. The maximum Gasteiger partial charge on any atom is 0.306 e. The maximum atomic E-state index is 13.1. The number of hydrogen-bond acceptors (Lipinski definition) is 5. The Kier molecular flexibility index (Phi) is 42.3. The Labute approximate surface area is 351 Å². The first-order valence-electron chi connectivity index (χ1n) is 23.7. The molecule has 0 bridgehead atoms. The lowest BCUT2D eigenvalue weighted by molar-refractivity contribution is -0.151. The number of carbonyl (C=O) groups excluding carboxylic acids is 2. The standard InChI is InChI=1S/C51H89NO5/c1-4-7-10-13-16-19-22-25-27-30-33-36-39-42-47(57-51(56)44-41-38-35-32-29-26-23-20-17-14-11-8-5-2)45-50(55)52-48(46-53)49(54)43-40-37-34-31-28-24-21-18-15-12-9-6-3/h8,11,14,17,19-20,22-23,26,29,32,35,47-49,53-54H,4-7,9-10,12-13,15-16,18,21,24-25,27-28,30-31,33-34,36-46H2,1-3H3,(H,52,55)/b11-8+,17-14+,22-19-,23-20-,29-26-,35-32+. The molecule has 0 aromatic heterocycles. The molecule has 0 radical (unpaired) electrons. The molecule has 0 aromatic carbocycles. The van der Waals surface area contributed by atoms with Gasteiger partial charge in [0.25, 0.3) is 0 Å². The fourth-order valence-electron chi connectivity index (χ4n) is 6.81. The highest BCUT2D eigenvalue weighted by atomic mass is 16.5. The third-order valence-electron chi connectivity index (χ3n) is 10.4. The summed E-state index contributed by atoms with van der Waals surface area (Å²) < 4.78 is 5.87.